The number of hydrogen-bond donors (Lipinski definition) is 1. The highest BCUT2D eigenvalue weighted by Crippen LogP contribution is 2.13. The van der Waals surface area contributed by atoms with Crippen molar-refractivity contribution in [2.45, 2.75) is 19.5 Å². The van der Waals surface area contributed by atoms with E-state index in [2.05, 4.69) is 21.3 Å². The molecule has 0 aliphatic carbocycles. The summed E-state index contributed by atoms with van der Waals surface area (Å²) in [4.78, 5) is 20.7. The molecule has 3 heterocycles. The number of furan rings is 1. The van der Waals surface area contributed by atoms with Crippen LogP contribution in [0.5, 0.6) is 0 Å². The summed E-state index contributed by atoms with van der Waals surface area (Å²) in [5, 5.41) is 2.98. The molecule has 23 heavy (non-hydrogen) atoms. The van der Waals surface area contributed by atoms with E-state index in [1.54, 1.807) is 12.5 Å². The Balaban J connectivity index is 1.46. The zero-order chi connectivity index (χ0) is 16.1. The molecule has 1 aliphatic heterocycles. The summed E-state index contributed by atoms with van der Waals surface area (Å²) in [7, 11) is 0. The number of pyridine rings is 1. The van der Waals surface area contributed by atoms with Crippen molar-refractivity contribution in [3.05, 3.63) is 54.2 Å². The second kappa shape index (κ2) is 7.28. The molecular weight excluding hydrogens is 292 g/mol. The van der Waals surface area contributed by atoms with Crippen molar-refractivity contribution in [2.24, 2.45) is 0 Å². The summed E-state index contributed by atoms with van der Waals surface area (Å²) in [6.07, 6.45) is 5.30. The summed E-state index contributed by atoms with van der Waals surface area (Å²) in [6, 6.07) is 7.58. The van der Waals surface area contributed by atoms with E-state index in [9.17, 15) is 4.79 Å². The van der Waals surface area contributed by atoms with Gasteiger partial charge in [-0.1, -0.05) is 6.07 Å². The zero-order valence-corrected chi connectivity index (χ0v) is 13.3. The molecule has 2 aromatic heterocycles. The van der Waals surface area contributed by atoms with Gasteiger partial charge in [-0.25, -0.2) is 4.79 Å². The molecule has 3 rings (SSSR count). The van der Waals surface area contributed by atoms with Gasteiger partial charge in [0, 0.05) is 45.1 Å². The minimum absolute atomic E-state index is 0.0325. The third kappa shape index (κ3) is 4.10. The van der Waals surface area contributed by atoms with Crippen molar-refractivity contribution >= 4 is 6.03 Å². The Hall–Kier alpha value is -2.34. The van der Waals surface area contributed by atoms with Gasteiger partial charge in [-0.05, 0) is 30.7 Å². The summed E-state index contributed by atoms with van der Waals surface area (Å²) in [5.74, 6) is 0.772. The van der Waals surface area contributed by atoms with Gasteiger partial charge in [-0.3, -0.25) is 9.88 Å². The summed E-state index contributed by atoms with van der Waals surface area (Å²) < 4.78 is 5.32. The third-order valence-electron chi connectivity index (χ3n) is 4.10. The predicted octanol–water partition coefficient (Wildman–Crippen LogP) is 2.26. The van der Waals surface area contributed by atoms with Crippen LogP contribution >= 0.6 is 0 Å². The number of rotatable bonds is 4. The number of carbonyl (C=O) groups excluding carboxylic acids is 1. The number of amides is 2. The lowest BCUT2D eigenvalue weighted by Gasteiger charge is -2.35. The van der Waals surface area contributed by atoms with E-state index in [0.717, 1.165) is 38.5 Å². The molecule has 2 amide bonds. The maximum atomic E-state index is 12.3. The van der Waals surface area contributed by atoms with Crippen LogP contribution in [0.15, 0.2) is 47.3 Å². The Morgan fingerprint density at radius 1 is 1.30 bits per heavy atom. The molecule has 0 spiro atoms. The predicted molar refractivity (Wildman–Crippen MR) is 86.7 cm³/mol. The number of carbonyl (C=O) groups is 1. The molecular formula is C17H22N4O2. The molecule has 1 atom stereocenters. The highest BCUT2D eigenvalue weighted by atomic mass is 16.3. The first-order valence-corrected chi connectivity index (χ1v) is 7.92. The van der Waals surface area contributed by atoms with Crippen molar-refractivity contribution in [3.8, 4) is 0 Å². The van der Waals surface area contributed by atoms with Crippen molar-refractivity contribution in [3.63, 3.8) is 0 Å². The molecule has 2 aromatic rings. The van der Waals surface area contributed by atoms with Gasteiger partial charge in [-0.2, -0.15) is 0 Å². The van der Waals surface area contributed by atoms with Crippen LogP contribution in [0.1, 0.15) is 24.3 Å². The molecule has 1 unspecified atom stereocenters. The van der Waals surface area contributed by atoms with E-state index < -0.39 is 0 Å². The van der Waals surface area contributed by atoms with Gasteiger partial charge in [0.15, 0.2) is 0 Å². The lowest BCUT2D eigenvalue weighted by atomic mass is 10.2. The number of nitrogens with zero attached hydrogens (tertiary/aromatic N) is 3. The lowest BCUT2D eigenvalue weighted by Crippen LogP contribution is -2.51. The van der Waals surface area contributed by atoms with Gasteiger partial charge in [-0.15, -0.1) is 0 Å². The molecule has 1 N–H and O–H groups in total. The van der Waals surface area contributed by atoms with Crippen LogP contribution in [0.25, 0.3) is 0 Å². The molecule has 6 nitrogen and oxygen atoms in total. The van der Waals surface area contributed by atoms with E-state index in [-0.39, 0.29) is 12.1 Å². The first-order valence-electron chi connectivity index (χ1n) is 7.92. The van der Waals surface area contributed by atoms with Crippen molar-refractivity contribution < 1.29 is 9.21 Å². The van der Waals surface area contributed by atoms with Gasteiger partial charge in [0.25, 0.3) is 0 Å². The fourth-order valence-electron chi connectivity index (χ4n) is 2.74. The monoisotopic (exact) mass is 314 g/mol. The number of piperazine rings is 1. The number of urea groups is 1. The Kier molecular flexibility index (Phi) is 4.92. The van der Waals surface area contributed by atoms with E-state index in [1.807, 2.05) is 36.2 Å². The molecule has 0 aromatic carbocycles. The Bertz CT molecular complexity index is 607. The zero-order valence-electron chi connectivity index (χ0n) is 13.3. The fraction of sp³-hybridized carbons (Fsp3) is 0.412. The Labute approximate surface area is 136 Å². The second-order valence-corrected chi connectivity index (χ2v) is 5.81. The van der Waals surface area contributed by atoms with Crippen LogP contribution in [0.2, 0.25) is 0 Å². The van der Waals surface area contributed by atoms with E-state index in [4.69, 9.17) is 4.42 Å². The molecule has 6 heteroatoms. The minimum atomic E-state index is -0.120. The lowest BCUT2D eigenvalue weighted by molar-refractivity contribution is 0.133. The first-order chi connectivity index (χ1) is 11.2. The first kappa shape index (κ1) is 15.6. The Morgan fingerprint density at radius 3 is 2.78 bits per heavy atom. The Morgan fingerprint density at radius 2 is 2.13 bits per heavy atom. The second-order valence-electron chi connectivity index (χ2n) is 5.81. The SMILES string of the molecule is CC(NC(=O)N1CCN(Cc2cccnc2)CC1)c1ccco1. The fourth-order valence-corrected chi connectivity index (χ4v) is 2.74. The van der Waals surface area contributed by atoms with Crippen LogP contribution in [0.3, 0.4) is 0 Å². The normalized spacial score (nSPS) is 17.0. The quantitative estimate of drug-likeness (QED) is 0.940. The van der Waals surface area contributed by atoms with Crippen LogP contribution in [-0.4, -0.2) is 47.0 Å². The standard InChI is InChI=1S/C17H22N4O2/c1-14(16-5-3-11-23-16)19-17(22)21-9-7-20(8-10-21)13-15-4-2-6-18-12-15/h2-6,11-12,14H,7-10,13H2,1H3,(H,19,22). The van der Waals surface area contributed by atoms with Crippen molar-refractivity contribution in [2.75, 3.05) is 26.2 Å². The average Bonchev–Trinajstić information content (AvgIpc) is 3.11. The average molecular weight is 314 g/mol. The van der Waals surface area contributed by atoms with E-state index in [0.29, 0.717) is 0 Å². The smallest absolute Gasteiger partial charge is 0.318 e. The maximum Gasteiger partial charge on any atom is 0.318 e. The molecule has 1 saturated heterocycles. The molecule has 0 radical (unpaired) electrons. The molecule has 0 saturated carbocycles. The van der Waals surface area contributed by atoms with Crippen LogP contribution in [-0.2, 0) is 6.54 Å². The topological polar surface area (TPSA) is 61.6 Å². The summed E-state index contributed by atoms with van der Waals surface area (Å²) in [6.45, 7) is 6.02. The highest BCUT2D eigenvalue weighted by molar-refractivity contribution is 5.74. The third-order valence-corrected chi connectivity index (χ3v) is 4.10. The van der Waals surface area contributed by atoms with Gasteiger partial charge < -0.3 is 14.6 Å². The number of hydrogen-bond acceptors (Lipinski definition) is 4. The summed E-state index contributed by atoms with van der Waals surface area (Å²) in [5.41, 5.74) is 1.21. The van der Waals surface area contributed by atoms with Crippen molar-refractivity contribution in [1.82, 2.24) is 20.1 Å². The van der Waals surface area contributed by atoms with Gasteiger partial charge in [0.2, 0.25) is 0 Å². The maximum absolute atomic E-state index is 12.3. The van der Waals surface area contributed by atoms with Gasteiger partial charge in [0.05, 0.1) is 12.3 Å². The van der Waals surface area contributed by atoms with E-state index >= 15 is 0 Å². The molecule has 122 valence electrons. The summed E-state index contributed by atoms with van der Waals surface area (Å²) >= 11 is 0. The van der Waals surface area contributed by atoms with Crippen LogP contribution in [0.4, 0.5) is 4.79 Å². The van der Waals surface area contributed by atoms with Crippen LogP contribution < -0.4 is 5.32 Å². The highest BCUT2D eigenvalue weighted by Gasteiger charge is 2.22. The molecule has 0 bridgehead atoms. The number of aromatic nitrogens is 1. The number of nitrogens with one attached hydrogen (secondary N) is 1. The minimum Gasteiger partial charge on any atom is -0.467 e. The van der Waals surface area contributed by atoms with Gasteiger partial charge >= 0.3 is 6.03 Å². The molecule has 1 aliphatic rings. The molecule has 1 fully saturated rings. The van der Waals surface area contributed by atoms with Crippen LogP contribution in [0, 0.1) is 0 Å². The van der Waals surface area contributed by atoms with Gasteiger partial charge in [0.1, 0.15) is 5.76 Å². The largest absolute Gasteiger partial charge is 0.467 e. The van der Waals surface area contributed by atoms with Crippen molar-refractivity contribution in [1.29, 1.82) is 0 Å². The van der Waals surface area contributed by atoms with E-state index in [1.165, 1.54) is 5.56 Å².